The molecule has 0 N–H and O–H groups in total. The van der Waals surface area contributed by atoms with Crippen molar-refractivity contribution in [1.82, 2.24) is 18.7 Å². The van der Waals surface area contributed by atoms with Crippen LogP contribution < -0.4 is 16.1 Å². The fraction of sp³-hybridized carbons (Fsp3) is 0.346. The van der Waals surface area contributed by atoms with Crippen LogP contribution in [0.5, 0.6) is 0 Å². The largest absolute Gasteiger partial charge is 0.332 e. The van der Waals surface area contributed by atoms with E-state index in [0.29, 0.717) is 17.7 Å². The molecule has 2 aromatic carbocycles. The maximum atomic E-state index is 13.7. The second-order valence-corrected chi connectivity index (χ2v) is 9.25. The standard InChI is InChI=1S/C26H29N5O2/c1-16-7-8-19(4)20(12-16)15-31-24(32)22-23(28(5)26(31)33)27-25-29(9-6-10-30(22)25)21-13-17(2)11-18(3)14-21/h7-8,11-14H,6,9-10,15H2,1-5H3. The topological polar surface area (TPSA) is 65.1 Å². The number of anilines is 2. The van der Waals surface area contributed by atoms with Gasteiger partial charge in [0.25, 0.3) is 5.56 Å². The van der Waals surface area contributed by atoms with Crippen molar-refractivity contribution in [2.75, 3.05) is 11.4 Å². The lowest BCUT2D eigenvalue weighted by molar-refractivity contribution is 0.597. The van der Waals surface area contributed by atoms with E-state index in [1.165, 1.54) is 20.3 Å². The minimum Gasteiger partial charge on any atom is -0.312 e. The second kappa shape index (κ2) is 7.76. The Bertz CT molecular complexity index is 1500. The van der Waals surface area contributed by atoms with E-state index in [2.05, 4.69) is 36.9 Å². The molecule has 7 nitrogen and oxygen atoms in total. The summed E-state index contributed by atoms with van der Waals surface area (Å²) >= 11 is 0. The Balaban J connectivity index is 1.71. The van der Waals surface area contributed by atoms with E-state index >= 15 is 0 Å². The van der Waals surface area contributed by atoms with Crippen LogP contribution in [0.15, 0.2) is 46.0 Å². The van der Waals surface area contributed by atoms with Crippen molar-refractivity contribution in [3.05, 3.63) is 85.1 Å². The molecular weight excluding hydrogens is 414 g/mol. The summed E-state index contributed by atoms with van der Waals surface area (Å²) in [5.74, 6) is 0.720. The Labute approximate surface area is 192 Å². The monoisotopic (exact) mass is 443 g/mol. The zero-order valence-corrected chi connectivity index (χ0v) is 19.8. The summed E-state index contributed by atoms with van der Waals surface area (Å²) < 4.78 is 4.83. The van der Waals surface area contributed by atoms with Crippen molar-refractivity contribution < 1.29 is 0 Å². The number of fused-ring (bicyclic) bond motifs is 3. The normalized spacial score (nSPS) is 13.5. The van der Waals surface area contributed by atoms with Gasteiger partial charge in [-0.05, 0) is 68.5 Å². The Kier molecular flexibility index (Phi) is 5.00. The van der Waals surface area contributed by atoms with Gasteiger partial charge in [-0.3, -0.25) is 13.9 Å². The van der Waals surface area contributed by atoms with Gasteiger partial charge < -0.3 is 9.47 Å². The maximum absolute atomic E-state index is 13.7. The molecule has 7 heteroatoms. The first-order valence-corrected chi connectivity index (χ1v) is 11.4. The first kappa shape index (κ1) is 21.2. The van der Waals surface area contributed by atoms with Crippen LogP contribution in [0.3, 0.4) is 0 Å². The molecule has 5 rings (SSSR count). The van der Waals surface area contributed by atoms with Crippen LogP contribution in [0.25, 0.3) is 11.2 Å². The zero-order valence-electron chi connectivity index (χ0n) is 19.8. The molecule has 0 atom stereocenters. The molecule has 170 valence electrons. The van der Waals surface area contributed by atoms with Gasteiger partial charge in [-0.2, -0.15) is 4.98 Å². The summed E-state index contributed by atoms with van der Waals surface area (Å²) in [5.41, 5.74) is 6.87. The molecule has 0 unspecified atom stereocenters. The molecule has 1 aliphatic rings. The number of rotatable bonds is 3. The van der Waals surface area contributed by atoms with E-state index < -0.39 is 0 Å². The van der Waals surface area contributed by atoms with Gasteiger partial charge in [0.05, 0.1) is 6.54 Å². The number of hydrogen-bond donors (Lipinski definition) is 0. The van der Waals surface area contributed by atoms with Gasteiger partial charge >= 0.3 is 5.69 Å². The molecule has 2 aromatic heterocycles. The van der Waals surface area contributed by atoms with Gasteiger partial charge in [0.1, 0.15) is 0 Å². The van der Waals surface area contributed by atoms with Crippen molar-refractivity contribution in [3.63, 3.8) is 0 Å². The molecule has 0 saturated heterocycles. The fourth-order valence-corrected chi connectivity index (χ4v) is 4.90. The van der Waals surface area contributed by atoms with E-state index in [4.69, 9.17) is 4.98 Å². The lowest BCUT2D eigenvalue weighted by Gasteiger charge is -2.29. The van der Waals surface area contributed by atoms with Crippen LogP contribution in [0.2, 0.25) is 0 Å². The first-order chi connectivity index (χ1) is 15.7. The van der Waals surface area contributed by atoms with Crippen LogP contribution in [0, 0.1) is 27.7 Å². The van der Waals surface area contributed by atoms with Crippen molar-refractivity contribution >= 4 is 22.8 Å². The first-order valence-electron chi connectivity index (χ1n) is 11.4. The van der Waals surface area contributed by atoms with E-state index in [1.54, 1.807) is 7.05 Å². The number of aryl methyl sites for hydroxylation is 6. The molecule has 0 bridgehead atoms. The molecule has 0 spiro atoms. The third-order valence-electron chi connectivity index (χ3n) is 6.57. The van der Waals surface area contributed by atoms with Gasteiger partial charge in [-0.25, -0.2) is 4.79 Å². The summed E-state index contributed by atoms with van der Waals surface area (Å²) in [7, 11) is 1.70. The summed E-state index contributed by atoms with van der Waals surface area (Å²) in [6.07, 6.45) is 0.894. The average molecular weight is 444 g/mol. The van der Waals surface area contributed by atoms with Crippen LogP contribution in [0.4, 0.5) is 11.6 Å². The van der Waals surface area contributed by atoms with Crippen LogP contribution in [-0.4, -0.2) is 25.2 Å². The molecule has 1 aliphatic heterocycles. The SMILES string of the molecule is Cc1cc(C)cc(N2CCCn3c2nc2c3c(=O)n(Cc3cc(C)ccc3C)c(=O)n2C)c1. The molecule has 0 fully saturated rings. The number of imidazole rings is 1. The minimum absolute atomic E-state index is 0.246. The maximum Gasteiger partial charge on any atom is 0.332 e. The lowest BCUT2D eigenvalue weighted by Crippen LogP contribution is -2.40. The average Bonchev–Trinajstić information content (AvgIpc) is 3.17. The minimum atomic E-state index is -0.346. The van der Waals surface area contributed by atoms with E-state index in [9.17, 15) is 9.59 Å². The van der Waals surface area contributed by atoms with Crippen molar-refractivity contribution in [2.24, 2.45) is 7.05 Å². The highest BCUT2D eigenvalue weighted by Gasteiger charge is 2.27. The Morgan fingerprint density at radius 1 is 0.909 bits per heavy atom. The third kappa shape index (κ3) is 3.48. The van der Waals surface area contributed by atoms with Crippen molar-refractivity contribution in [1.29, 1.82) is 0 Å². The third-order valence-corrected chi connectivity index (χ3v) is 6.57. The van der Waals surface area contributed by atoms with Crippen molar-refractivity contribution in [2.45, 2.75) is 47.2 Å². The van der Waals surface area contributed by atoms with Gasteiger partial charge in [-0.15, -0.1) is 0 Å². The van der Waals surface area contributed by atoms with Gasteiger partial charge in [0.2, 0.25) is 5.95 Å². The molecule has 0 amide bonds. The summed E-state index contributed by atoms with van der Waals surface area (Å²) in [6.45, 7) is 9.95. The van der Waals surface area contributed by atoms with E-state index in [0.717, 1.165) is 41.3 Å². The van der Waals surface area contributed by atoms with Gasteiger partial charge in [0.15, 0.2) is 11.2 Å². The van der Waals surface area contributed by atoms with Gasteiger partial charge in [-0.1, -0.05) is 29.8 Å². The summed E-state index contributed by atoms with van der Waals surface area (Å²) in [5, 5.41) is 0. The van der Waals surface area contributed by atoms with Crippen LogP contribution in [-0.2, 0) is 20.1 Å². The molecule has 0 radical (unpaired) electrons. The Morgan fingerprint density at radius 2 is 1.64 bits per heavy atom. The smallest absolute Gasteiger partial charge is 0.312 e. The molecular formula is C26H29N5O2. The van der Waals surface area contributed by atoms with E-state index in [1.807, 2.05) is 36.6 Å². The Morgan fingerprint density at radius 3 is 2.36 bits per heavy atom. The molecule has 4 aromatic rings. The predicted molar refractivity (Wildman–Crippen MR) is 132 cm³/mol. The highest BCUT2D eigenvalue weighted by atomic mass is 16.2. The van der Waals surface area contributed by atoms with E-state index in [-0.39, 0.29) is 17.8 Å². The summed E-state index contributed by atoms with van der Waals surface area (Å²) in [6, 6.07) is 12.5. The van der Waals surface area contributed by atoms with Crippen LogP contribution in [0.1, 0.15) is 34.2 Å². The highest BCUT2D eigenvalue weighted by Crippen LogP contribution is 2.32. The molecule has 0 saturated carbocycles. The molecule has 3 heterocycles. The number of aromatic nitrogens is 4. The van der Waals surface area contributed by atoms with Crippen molar-refractivity contribution in [3.8, 4) is 0 Å². The zero-order chi connectivity index (χ0) is 23.4. The lowest BCUT2D eigenvalue weighted by atomic mass is 10.1. The number of hydrogen-bond acceptors (Lipinski definition) is 4. The summed E-state index contributed by atoms with van der Waals surface area (Å²) in [4.78, 5) is 33.8. The van der Waals surface area contributed by atoms with Crippen LogP contribution >= 0.6 is 0 Å². The Hall–Kier alpha value is -3.61. The van der Waals surface area contributed by atoms with Gasteiger partial charge in [0, 0.05) is 25.8 Å². The number of nitrogens with zero attached hydrogens (tertiary/aromatic N) is 5. The molecule has 33 heavy (non-hydrogen) atoms. The second-order valence-electron chi connectivity index (χ2n) is 9.25. The molecule has 0 aliphatic carbocycles. The predicted octanol–water partition coefficient (Wildman–Crippen LogP) is 3.72. The number of benzene rings is 2. The highest BCUT2D eigenvalue weighted by molar-refractivity contribution is 5.77. The fourth-order valence-electron chi connectivity index (χ4n) is 4.90. The quantitative estimate of drug-likeness (QED) is 0.484.